The van der Waals surface area contributed by atoms with Crippen LogP contribution in [0.1, 0.15) is 24.8 Å². The van der Waals surface area contributed by atoms with E-state index in [1.165, 1.54) is 12.8 Å². The average molecular weight is 319 g/mol. The van der Waals surface area contributed by atoms with Crippen LogP contribution < -0.4 is 5.73 Å². The Morgan fingerprint density at radius 2 is 2.10 bits per heavy atom. The molecule has 0 amide bonds. The van der Waals surface area contributed by atoms with Crippen molar-refractivity contribution in [2.75, 3.05) is 13.1 Å². The Kier molecular flexibility index (Phi) is 5.30. The molecule has 1 heterocycles. The Labute approximate surface area is 130 Å². The summed E-state index contributed by atoms with van der Waals surface area (Å²) in [6, 6.07) is 5.45. The Morgan fingerprint density at radius 1 is 1.30 bits per heavy atom. The summed E-state index contributed by atoms with van der Waals surface area (Å²) in [4.78, 5) is 2.41. The zero-order valence-corrected chi connectivity index (χ0v) is 13.0. The van der Waals surface area contributed by atoms with Crippen molar-refractivity contribution in [3.05, 3.63) is 34.6 Å². The fraction of sp³-hybridized carbons (Fsp3) is 0.600. The van der Waals surface area contributed by atoms with Crippen LogP contribution in [0.4, 0.5) is 4.39 Å². The standard InChI is InChI=1S/C15H20ClFN2.ClH/c16-13-5-4-10(6-14(13)17)7-19-8-11-2-1-3-15(18)12(11)9-19;/h4-6,11-12,15H,1-3,7-9,18H2;1H. The lowest BCUT2D eigenvalue weighted by atomic mass is 9.78. The number of benzene rings is 1. The second kappa shape index (κ2) is 6.61. The summed E-state index contributed by atoms with van der Waals surface area (Å²) in [7, 11) is 0. The lowest BCUT2D eigenvalue weighted by Gasteiger charge is -2.29. The van der Waals surface area contributed by atoms with Crippen LogP contribution >= 0.6 is 24.0 Å². The molecule has 20 heavy (non-hydrogen) atoms. The molecule has 112 valence electrons. The van der Waals surface area contributed by atoms with Crippen molar-refractivity contribution in [3.8, 4) is 0 Å². The molecule has 2 N–H and O–H groups in total. The van der Waals surface area contributed by atoms with Crippen molar-refractivity contribution in [1.29, 1.82) is 0 Å². The molecule has 2 nitrogen and oxygen atoms in total. The third-order valence-electron chi connectivity index (χ3n) is 4.62. The maximum absolute atomic E-state index is 13.4. The molecule has 1 aromatic carbocycles. The number of fused-ring (bicyclic) bond motifs is 1. The van der Waals surface area contributed by atoms with Crippen LogP contribution in [0.15, 0.2) is 18.2 Å². The third-order valence-corrected chi connectivity index (χ3v) is 4.93. The van der Waals surface area contributed by atoms with Gasteiger partial charge >= 0.3 is 0 Å². The lowest BCUT2D eigenvalue weighted by molar-refractivity contribution is 0.259. The number of likely N-dealkylation sites (tertiary alicyclic amines) is 1. The van der Waals surface area contributed by atoms with Gasteiger partial charge in [0.25, 0.3) is 0 Å². The van der Waals surface area contributed by atoms with E-state index < -0.39 is 0 Å². The molecule has 0 aromatic heterocycles. The summed E-state index contributed by atoms with van der Waals surface area (Å²) in [6.45, 7) is 2.95. The predicted molar refractivity (Wildman–Crippen MR) is 82.7 cm³/mol. The maximum Gasteiger partial charge on any atom is 0.142 e. The predicted octanol–water partition coefficient (Wildman–Crippen LogP) is 3.46. The van der Waals surface area contributed by atoms with Crippen LogP contribution in [-0.4, -0.2) is 24.0 Å². The highest BCUT2D eigenvalue weighted by atomic mass is 35.5. The average Bonchev–Trinajstić information content (AvgIpc) is 2.78. The normalized spacial score (nSPS) is 29.9. The molecular formula is C15H21Cl2FN2. The fourth-order valence-corrected chi connectivity index (χ4v) is 3.75. The molecule has 5 heteroatoms. The van der Waals surface area contributed by atoms with E-state index in [2.05, 4.69) is 4.90 Å². The lowest BCUT2D eigenvalue weighted by Crippen LogP contribution is -2.38. The quantitative estimate of drug-likeness (QED) is 0.904. The van der Waals surface area contributed by atoms with Gasteiger partial charge in [0.2, 0.25) is 0 Å². The molecule has 2 aliphatic rings. The number of hydrogen-bond donors (Lipinski definition) is 1. The van der Waals surface area contributed by atoms with Gasteiger partial charge in [-0.05, 0) is 42.4 Å². The number of rotatable bonds is 2. The van der Waals surface area contributed by atoms with Crippen LogP contribution in [0, 0.1) is 17.7 Å². The van der Waals surface area contributed by atoms with Crippen molar-refractivity contribution < 1.29 is 4.39 Å². The van der Waals surface area contributed by atoms with E-state index >= 15 is 0 Å². The van der Waals surface area contributed by atoms with E-state index in [1.54, 1.807) is 12.1 Å². The van der Waals surface area contributed by atoms with Crippen LogP contribution in [-0.2, 0) is 6.54 Å². The molecule has 0 radical (unpaired) electrons. The molecular weight excluding hydrogens is 298 g/mol. The minimum atomic E-state index is -0.326. The Morgan fingerprint density at radius 3 is 2.80 bits per heavy atom. The molecule has 0 bridgehead atoms. The Hall–Kier alpha value is -0.350. The second-order valence-corrected chi connectivity index (χ2v) is 6.37. The van der Waals surface area contributed by atoms with E-state index in [-0.39, 0.29) is 23.2 Å². The van der Waals surface area contributed by atoms with Gasteiger partial charge in [0.15, 0.2) is 0 Å². The third kappa shape index (κ3) is 3.28. The molecule has 1 saturated heterocycles. The summed E-state index contributed by atoms with van der Waals surface area (Å²) >= 11 is 5.71. The summed E-state index contributed by atoms with van der Waals surface area (Å²) < 4.78 is 13.4. The molecule has 0 spiro atoms. The Bertz CT molecular complexity index is 469. The first-order chi connectivity index (χ1) is 9.13. The van der Waals surface area contributed by atoms with Gasteiger partial charge in [-0.15, -0.1) is 12.4 Å². The fourth-order valence-electron chi connectivity index (χ4n) is 3.63. The SMILES string of the molecule is Cl.NC1CCCC2CN(Cc3ccc(Cl)c(F)c3)CC12. The topological polar surface area (TPSA) is 29.3 Å². The monoisotopic (exact) mass is 318 g/mol. The number of nitrogens with zero attached hydrogens (tertiary/aromatic N) is 1. The van der Waals surface area contributed by atoms with Crippen molar-refractivity contribution >= 4 is 24.0 Å². The molecule has 1 saturated carbocycles. The van der Waals surface area contributed by atoms with Gasteiger partial charge in [0, 0.05) is 25.7 Å². The van der Waals surface area contributed by atoms with Crippen molar-refractivity contribution in [1.82, 2.24) is 4.90 Å². The minimum Gasteiger partial charge on any atom is -0.327 e. The van der Waals surface area contributed by atoms with E-state index in [0.717, 1.165) is 37.5 Å². The van der Waals surface area contributed by atoms with Gasteiger partial charge < -0.3 is 5.73 Å². The largest absolute Gasteiger partial charge is 0.327 e. The first-order valence-corrected chi connectivity index (χ1v) is 7.43. The van der Waals surface area contributed by atoms with Crippen molar-refractivity contribution in [2.24, 2.45) is 17.6 Å². The van der Waals surface area contributed by atoms with Crippen molar-refractivity contribution in [2.45, 2.75) is 31.8 Å². The molecule has 3 rings (SSSR count). The van der Waals surface area contributed by atoms with Gasteiger partial charge in [-0.3, -0.25) is 4.90 Å². The van der Waals surface area contributed by atoms with Gasteiger partial charge in [0.05, 0.1) is 5.02 Å². The van der Waals surface area contributed by atoms with Gasteiger partial charge in [0.1, 0.15) is 5.82 Å². The van der Waals surface area contributed by atoms with Crippen LogP contribution in [0.2, 0.25) is 5.02 Å². The van der Waals surface area contributed by atoms with E-state index in [4.69, 9.17) is 17.3 Å². The first-order valence-electron chi connectivity index (χ1n) is 7.05. The highest BCUT2D eigenvalue weighted by molar-refractivity contribution is 6.30. The zero-order valence-electron chi connectivity index (χ0n) is 11.4. The highest BCUT2D eigenvalue weighted by Gasteiger charge is 2.38. The summed E-state index contributed by atoms with van der Waals surface area (Å²) in [5.41, 5.74) is 7.21. The number of hydrogen-bond acceptors (Lipinski definition) is 2. The van der Waals surface area contributed by atoms with Crippen LogP contribution in [0.25, 0.3) is 0 Å². The molecule has 2 fully saturated rings. The van der Waals surface area contributed by atoms with Gasteiger partial charge in [-0.2, -0.15) is 0 Å². The summed E-state index contributed by atoms with van der Waals surface area (Å²) in [5, 5.41) is 0.195. The van der Waals surface area contributed by atoms with Gasteiger partial charge in [-0.1, -0.05) is 24.1 Å². The number of halogens is 3. The first kappa shape index (κ1) is 16.0. The smallest absolute Gasteiger partial charge is 0.142 e. The zero-order chi connectivity index (χ0) is 13.4. The second-order valence-electron chi connectivity index (χ2n) is 5.96. The molecule has 3 atom stereocenters. The summed E-state index contributed by atoms with van der Waals surface area (Å²) in [5.74, 6) is 1.04. The minimum absolute atomic E-state index is 0. The summed E-state index contributed by atoms with van der Waals surface area (Å²) in [6.07, 6.45) is 3.71. The van der Waals surface area contributed by atoms with E-state index in [9.17, 15) is 4.39 Å². The molecule has 3 unspecified atom stereocenters. The Balaban J connectivity index is 0.00000147. The highest BCUT2D eigenvalue weighted by Crippen LogP contribution is 2.36. The molecule has 1 aromatic rings. The molecule has 1 aliphatic heterocycles. The van der Waals surface area contributed by atoms with Crippen LogP contribution in [0.5, 0.6) is 0 Å². The van der Waals surface area contributed by atoms with E-state index in [0.29, 0.717) is 12.0 Å². The van der Waals surface area contributed by atoms with Crippen LogP contribution in [0.3, 0.4) is 0 Å². The van der Waals surface area contributed by atoms with E-state index in [1.807, 2.05) is 6.07 Å². The van der Waals surface area contributed by atoms with Crippen molar-refractivity contribution in [3.63, 3.8) is 0 Å². The number of nitrogens with two attached hydrogens (primary N) is 1. The molecule has 1 aliphatic carbocycles. The maximum atomic E-state index is 13.4. The van der Waals surface area contributed by atoms with Gasteiger partial charge in [-0.25, -0.2) is 4.39 Å².